The lowest BCUT2D eigenvalue weighted by atomic mass is 10.0. The molecule has 4 rings (SSSR count). The molecule has 0 amide bonds. The van der Waals surface area contributed by atoms with Gasteiger partial charge in [0.1, 0.15) is 17.4 Å². The van der Waals surface area contributed by atoms with E-state index in [4.69, 9.17) is 21.6 Å². The molecule has 0 aliphatic rings. The maximum Gasteiger partial charge on any atom is 0.420 e. The van der Waals surface area contributed by atoms with Gasteiger partial charge in [-0.25, -0.2) is 4.79 Å². The number of benzene rings is 2. The summed E-state index contributed by atoms with van der Waals surface area (Å²) in [6, 6.07) is 7.88. The maximum absolute atomic E-state index is 13.9. The van der Waals surface area contributed by atoms with E-state index in [1.165, 1.54) is 12.1 Å². The lowest BCUT2D eigenvalue weighted by Crippen LogP contribution is -2.33. The third-order valence-corrected chi connectivity index (χ3v) is 5.32. The highest BCUT2D eigenvalue weighted by atomic mass is 35.5. The second-order valence-electron chi connectivity index (χ2n) is 7.64. The molecular formula is C22H15ClF3N5O3. The molecule has 2 aromatic carbocycles. The van der Waals surface area contributed by atoms with Gasteiger partial charge in [0.2, 0.25) is 5.69 Å². The van der Waals surface area contributed by atoms with Gasteiger partial charge in [0.05, 0.1) is 10.7 Å². The smallest absolute Gasteiger partial charge is 0.420 e. The molecular weight excluding hydrogens is 475 g/mol. The molecule has 34 heavy (non-hydrogen) atoms. The lowest BCUT2D eigenvalue weighted by molar-refractivity contribution is -0.138. The molecule has 0 aliphatic heterocycles. The summed E-state index contributed by atoms with van der Waals surface area (Å²) in [7, 11) is 0. The van der Waals surface area contributed by atoms with E-state index >= 15 is 0 Å². The van der Waals surface area contributed by atoms with Crippen LogP contribution in [0.5, 0.6) is 11.5 Å². The Labute approximate surface area is 194 Å². The first-order valence-electron chi connectivity index (χ1n) is 9.83. The number of ether oxygens (including phenoxy) is 1. The van der Waals surface area contributed by atoms with Gasteiger partial charge in [0, 0.05) is 17.1 Å². The van der Waals surface area contributed by atoms with Gasteiger partial charge in [-0.05, 0) is 41.8 Å². The summed E-state index contributed by atoms with van der Waals surface area (Å²) in [6.45, 7) is 3.97. The van der Waals surface area contributed by atoms with Crippen molar-refractivity contribution in [3.8, 4) is 23.3 Å². The van der Waals surface area contributed by atoms with E-state index in [0.717, 1.165) is 22.5 Å². The van der Waals surface area contributed by atoms with Crippen LogP contribution in [0.3, 0.4) is 0 Å². The van der Waals surface area contributed by atoms with Gasteiger partial charge in [-0.3, -0.25) is 9.78 Å². The quantitative estimate of drug-likeness (QED) is 0.424. The number of aromatic nitrogens is 4. The number of nitrogens with one attached hydrogen (secondary N) is 2. The molecule has 0 saturated carbocycles. The minimum atomic E-state index is -4.92. The highest BCUT2D eigenvalue weighted by Crippen LogP contribution is 2.44. The molecule has 0 aliphatic carbocycles. The van der Waals surface area contributed by atoms with Crippen molar-refractivity contribution in [2.45, 2.75) is 25.9 Å². The van der Waals surface area contributed by atoms with Crippen molar-refractivity contribution >= 4 is 22.5 Å². The van der Waals surface area contributed by atoms with Gasteiger partial charge in [-0.15, -0.1) is 5.10 Å². The fraction of sp³-hybridized carbons (Fsp3) is 0.182. The third kappa shape index (κ3) is 4.15. The van der Waals surface area contributed by atoms with Gasteiger partial charge < -0.3 is 9.72 Å². The topological polar surface area (TPSA) is 117 Å². The molecule has 2 N–H and O–H groups in total. The third-order valence-electron chi connectivity index (χ3n) is 5.04. The number of nitrogens with zero attached hydrogens (tertiary/aromatic N) is 3. The van der Waals surface area contributed by atoms with E-state index in [1.807, 2.05) is 25.0 Å². The molecule has 8 nitrogen and oxygen atoms in total. The number of hydrogen-bond donors (Lipinski definition) is 2. The summed E-state index contributed by atoms with van der Waals surface area (Å²) in [5.74, 6) is -0.379. The highest BCUT2D eigenvalue weighted by Gasteiger charge is 2.37. The lowest BCUT2D eigenvalue weighted by Gasteiger charge is -2.17. The number of nitriles is 1. The summed E-state index contributed by atoms with van der Waals surface area (Å²) < 4.78 is 47.9. The van der Waals surface area contributed by atoms with Gasteiger partial charge in [-0.1, -0.05) is 25.4 Å². The van der Waals surface area contributed by atoms with E-state index in [9.17, 15) is 22.8 Å². The van der Waals surface area contributed by atoms with Crippen molar-refractivity contribution in [2.75, 3.05) is 0 Å². The Hall–Kier alpha value is -4.04. The summed E-state index contributed by atoms with van der Waals surface area (Å²) in [5.41, 5.74) is -2.82. The molecule has 2 aromatic heterocycles. The minimum absolute atomic E-state index is 0.125. The van der Waals surface area contributed by atoms with E-state index in [2.05, 4.69) is 10.1 Å². The molecule has 4 aromatic rings. The van der Waals surface area contributed by atoms with Gasteiger partial charge in [0.15, 0.2) is 5.75 Å². The fourth-order valence-electron chi connectivity index (χ4n) is 3.44. The molecule has 2 heterocycles. The van der Waals surface area contributed by atoms with Crippen molar-refractivity contribution in [1.82, 2.24) is 19.7 Å². The van der Waals surface area contributed by atoms with Crippen LogP contribution in [0.2, 0.25) is 5.02 Å². The SMILES string of the molecule is CC(C)c1c[nH]c2ccc(Oc3c(Cl)cc(-n4nc(C#N)c(=O)[nH]c4=O)cc3C(F)(F)F)cc12. The molecule has 0 radical (unpaired) electrons. The van der Waals surface area contributed by atoms with Crippen LogP contribution in [0.4, 0.5) is 13.2 Å². The Balaban J connectivity index is 1.86. The summed E-state index contributed by atoms with van der Waals surface area (Å²) in [6.07, 6.45) is -3.09. The van der Waals surface area contributed by atoms with E-state index in [0.29, 0.717) is 10.7 Å². The Morgan fingerprint density at radius 1 is 1.21 bits per heavy atom. The van der Waals surface area contributed by atoms with Gasteiger partial charge in [0.25, 0.3) is 5.56 Å². The Morgan fingerprint density at radius 2 is 1.94 bits per heavy atom. The molecule has 0 saturated heterocycles. The predicted octanol–water partition coefficient (Wildman–Crippen LogP) is 4.86. The Bertz CT molecular complexity index is 1580. The summed E-state index contributed by atoms with van der Waals surface area (Å²) >= 11 is 6.17. The Morgan fingerprint density at radius 3 is 2.59 bits per heavy atom. The van der Waals surface area contributed by atoms with E-state index < -0.39 is 45.1 Å². The van der Waals surface area contributed by atoms with Crippen molar-refractivity contribution in [1.29, 1.82) is 5.26 Å². The minimum Gasteiger partial charge on any atom is -0.455 e. The second-order valence-corrected chi connectivity index (χ2v) is 8.05. The first-order chi connectivity index (χ1) is 16.0. The van der Waals surface area contributed by atoms with Crippen LogP contribution in [0.1, 0.15) is 36.6 Å². The molecule has 174 valence electrons. The zero-order valence-corrected chi connectivity index (χ0v) is 18.4. The first-order valence-corrected chi connectivity index (χ1v) is 10.2. The van der Waals surface area contributed by atoms with Crippen LogP contribution in [0, 0.1) is 11.3 Å². The number of aromatic amines is 2. The zero-order valence-electron chi connectivity index (χ0n) is 17.6. The van der Waals surface area contributed by atoms with Crippen molar-refractivity contribution in [3.63, 3.8) is 0 Å². The van der Waals surface area contributed by atoms with Crippen LogP contribution >= 0.6 is 11.6 Å². The normalized spacial score (nSPS) is 11.7. The summed E-state index contributed by atoms with van der Waals surface area (Å²) in [4.78, 5) is 28.6. The number of fused-ring (bicyclic) bond motifs is 1. The van der Waals surface area contributed by atoms with E-state index in [1.54, 1.807) is 12.1 Å². The molecule has 0 spiro atoms. The van der Waals surface area contributed by atoms with Crippen LogP contribution in [0.15, 0.2) is 46.1 Å². The number of alkyl halides is 3. The molecule has 0 unspecified atom stereocenters. The average Bonchev–Trinajstić information content (AvgIpc) is 3.18. The number of hydrogen-bond acceptors (Lipinski definition) is 5. The number of rotatable bonds is 4. The first kappa shape index (κ1) is 23.1. The summed E-state index contributed by atoms with van der Waals surface area (Å²) in [5, 5.41) is 12.8. The van der Waals surface area contributed by atoms with Crippen molar-refractivity contribution in [3.05, 3.63) is 79.2 Å². The largest absolute Gasteiger partial charge is 0.455 e. The molecule has 0 fully saturated rings. The maximum atomic E-state index is 13.9. The Kier molecular flexibility index (Phi) is 5.70. The molecule has 0 bridgehead atoms. The number of halogens is 4. The standard InChI is InChI=1S/C22H15ClF3N5O3/c1-10(2)14-9-28-17-4-3-12(7-13(14)17)34-19-15(22(24,25)26)5-11(6-16(19)23)31-21(33)29-20(32)18(8-27)30-31/h3-7,9-10,28H,1-2H3,(H,29,32,33). The fourth-order valence-corrected chi connectivity index (χ4v) is 3.70. The van der Waals surface area contributed by atoms with Crippen LogP contribution in [0.25, 0.3) is 16.6 Å². The van der Waals surface area contributed by atoms with Gasteiger partial charge in [-0.2, -0.15) is 23.1 Å². The molecule has 12 heteroatoms. The van der Waals surface area contributed by atoms with Crippen LogP contribution in [-0.2, 0) is 6.18 Å². The number of H-pyrrole nitrogens is 2. The van der Waals surface area contributed by atoms with E-state index in [-0.39, 0.29) is 11.7 Å². The van der Waals surface area contributed by atoms with Crippen LogP contribution in [-0.4, -0.2) is 19.7 Å². The van der Waals surface area contributed by atoms with Crippen molar-refractivity contribution in [2.24, 2.45) is 0 Å². The second kappa shape index (κ2) is 8.39. The van der Waals surface area contributed by atoms with Crippen LogP contribution < -0.4 is 16.0 Å². The molecule has 0 atom stereocenters. The monoisotopic (exact) mass is 489 g/mol. The predicted molar refractivity (Wildman–Crippen MR) is 118 cm³/mol. The average molecular weight is 490 g/mol. The zero-order chi connectivity index (χ0) is 24.8. The highest BCUT2D eigenvalue weighted by molar-refractivity contribution is 6.32. The van der Waals surface area contributed by atoms with Gasteiger partial charge >= 0.3 is 11.9 Å². The van der Waals surface area contributed by atoms with Crippen molar-refractivity contribution < 1.29 is 17.9 Å².